The van der Waals surface area contributed by atoms with Crippen LogP contribution >= 0.6 is 0 Å². The van der Waals surface area contributed by atoms with Crippen LogP contribution in [0, 0.1) is 6.92 Å². The molecule has 0 radical (unpaired) electrons. The fourth-order valence-electron chi connectivity index (χ4n) is 3.73. The summed E-state index contributed by atoms with van der Waals surface area (Å²) in [6.45, 7) is 4.75. The molecule has 0 amide bonds. The first kappa shape index (κ1) is 20.5. The molecule has 1 aromatic carbocycles. The molecule has 2 saturated heterocycles. The van der Waals surface area contributed by atoms with Gasteiger partial charge in [-0.2, -0.15) is 13.7 Å². The van der Waals surface area contributed by atoms with E-state index in [0.29, 0.717) is 6.54 Å². The Bertz CT molecular complexity index is 1100. The largest absolute Gasteiger partial charge is 0.369 e. The van der Waals surface area contributed by atoms with Gasteiger partial charge in [0.2, 0.25) is 20.0 Å². The molecule has 0 N–H and O–H groups in total. The van der Waals surface area contributed by atoms with Gasteiger partial charge < -0.3 is 4.74 Å². The van der Waals surface area contributed by atoms with Crippen LogP contribution in [0.2, 0.25) is 0 Å². The van der Waals surface area contributed by atoms with Gasteiger partial charge in [-0.25, -0.2) is 16.8 Å². The van der Waals surface area contributed by atoms with E-state index in [4.69, 9.17) is 4.74 Å². The van der Waals surface area contributed by atoms with E-state index < -0.39 is 32.3 Å². The summed E-state index contributed by atoms with van der Waals surface area (Å²) in [5.41, 5.74) is 0.865. The molecule has 9 nitrogen and oxygen atoms in total. The van der Waals surface area contributed by atoms with E-state index in [1.807, 2.05) is 19.9 Å². The molecule has 11 heteroatoms. The van der Waals surface area contributed by atoms with Crippen molar-refractivity contribution in [2.75, 3.05) is 26.2 Å². The minimum absolute atomic E-state index is 0.107. The van der Waals surface area contributed by atoms with Crippen molar-refractivity contribution in [1.82, 2.24) is 18.4 Å². The standard InChI is InChI=1S/C18H24N4O5S2/c1-3-20-13-18(8-19-20)29(25,26)22-11-15-9-21(10-16(12-22)27-15)28(23,24)17-6-4-5-14(2)7-17/h4-8,13,15-16H,3,9-12H2,1-2H3. The maximum absolute atomic E-state index is 13.0. The zero-order valence-corrected chi connectivity index (χ0v) is 17.9. The lowest BCUT2D eigenvalue weighted by atomic mass is 10.2. The predicted molar refractivity (Wildman–Crippen MR) is 105 cm³/mol. The van der Waals surface area contributed by atoms with Crippen molar-refractivity contribution in [2.45, 2.75) is 42.4 Å². The first-order chi connectivity index (χ1) is 13.7. The second kappa shape index (κ2) is 7.47. The molecular weight excluding hydrogens is 416 g/mol. The van der Waals surface area contributed by atoms with Crippen LogP contribution in [0.25, 0.3) is 0 Å². The lowest BCUT2D eigenvalue weighted by molar-refractivity contribution is -0.104. The zero-order chi connectivity index (χ0) is 20.8. The summed E-state index contributed by atoms with van der Waals surface area (Å²) < 4.78 is 62.2. The van der Waals surface area contributed by atoms with Gasteiger partial charge in [0.15, 0.2) is 0 Å². The van der Waals surface area contributed by atoms with Gasteiger partial charge in [0.05, 0.1) is 23.3 Å². The molecule has 2 unspecified atom stereocenters. The van der Waals surface area contributed by atoms with Crippen LogP contribution in [0.15, 0.2) is 46.5 Å². The Labute approximate surface area is 171 Å². The van der Waals surface area contributed by atoms with Gasteiger partial charge in [-0.3, -0.25) is 4.68 Å². The van der Waals surface area contributed by atoms with Crippen molar-refractivity contribution in [2.24, 2.45) is 0 Å². The molecule has 2 bridgehead atoms. The minimum Gasteiger partial charge on any atom is -0.369 e. The summed E-state index contributed by atoms with van der Waals surface area (Å²) in [5, 5.41) is 4.05. The highest BCUT2D eigenvalue weighted by molar-refractivity contribution is 7.89. The molecule has 158 valence electrons. The summed E-state index contributed by atoms with van der Waals surface area (Å²) in [6.07, 6.45) is 1.82. The van der Waals surface area contributed by atoms with Crippen molar-refractivity contribution in [3.63, 3.8) is 0 Å². The zero-order valence-electron chi connectivity index (χ0n) is 16.3. The number of nitrogens with zero attached hydrogens (tertiary/aromatic N) is 4. The molecule has 3 heterocycles. The Balaban J connectivity index is 1.53. The van der Waals surface area contributed by atoms with E-state index in [2.05, 4.69) is 5.10 Å². The number of sulfonamides is 2. The molecule has 4 rings (SSSR count). The highest BCUT2D eigenvalue weighted by Gasteiger charge is 2.43. The highest BCUT2D eigenvalue weighted by atomic mass is 32.2. The van der Waals surface area contributed by atoms with Crippen LogP contribution in [0.1, 0.15) is 12.5 Å². The van der Waals surface area contributed by atoms with E-state index in [0.717, 1.165) is 5.56 Å². The van der Waals surface area contributed by atoms with Crippen LogP contribution in [0.5, 0.6) is 0 Å². The number of fused-ring (bicyclic) bond motifs is 2. The quantitative estimate of drug-likeness (QED) is 0.677. The van der Waals surface area contributed by atoms with Crippen LogP contribution in [0.3, 0.4) is 0 Å². The maximum Gasteiger partial charge on any atom is 0.246 e. The molecule has 2 aliphatic rings. The summed E-state index contributed by atoms with van der Waals surface area (Å²) in [7, 11) is -7.36. The molecule has 0 aliphatic carbocycles. The van der Waals surface area contributed by atoms with Crippen molar-refractivity contribution in [3.8, 4) is 0 Å². The van der Waals surface area contributed by atoms with Crippen molar-refractivity contribution < 1.29 is 21.6 Å². The molecule has 2 atom stereocenters. The maximum atomic E-state index is 13.0. The summed E-state index contributed by atoms with van der Waals surface area (Å²) in [6, 6.07) is 6.78. The summed E-state index contributed by atoms with van der Waals surface area (Å²) in [5.74, 6) is 0. The number of rotatable bonds is 5. The van der Waals surface area contributed by atoms with Gasteiger partial charge in [0.1, 0.15) is 4.90 Å². The van der Waals surface area contributed by atoms with Crippen molar-refractivity contribution >= 4 is 20.0 Å². The van der Waals surface area contributed by atoms with Gasteiger partial charge in [-0.15, -0.1) is 0 Å². The molecule has 29 heavy (non-hydrogen) atoms. The topological polar surface area (TPSA) is 102 Å². The number of morpholine rings is 2. The molecule has 2 aliphatic heterocycles. The molecule has 1 aromatic heterocycles. The second-order valence-electron chi connectivity index (χ2n) is 7.37. The van der Waals surface area contributed by atoms with E-state index >= 15 is 0 Å². The Morgan fingerprint density at radius 2 is 1.59 bits per heavy atom. The molecular formula is C18H24N4O5S2. The third-order valence-corrected chi connectivity index (χ3v) is 8.82. The monoisotopic (exact) mass is 440 g/mol. The van der Waals surface area contributed by atoms with E-state index in [9.17, 15) is 16.8 Å². The van der Waals surface area contributed by atoms with Gasteiger partial charge >= 0.3 is 0 Å². The average Bonchev–Trinajstić information content (AvgIpc) is 3.17. The van der Waals surface area contributed by atoms with E-state index in [-0.39, 0.29) is 36.0 Å². The first-order valence-corrected chi connectivity index (χ1v) is 12.3. The Hall–Kier alpha value is -1.79. The number of ether oxygens (including phenoxy) is 1. The third kappa shape index (κ3) is 3.84. The molecule has 2 aromatic rings. The number of hydrogen-bond acceptors (Lipinski definition) is 6. The fourth-order valence-corrected chi connectivity index (χ4v) is 6.80. The van der Waals surface area contributed by atoms with Crippen molar-refractivity contribution in [3.05, 3.63) is 42.2 Å². The van der Waals surface area contributed by atoms with Crippen LogP contribution in [-0.4, -0.2) is 73.6 Å². The molecule has 0 spiro atoms. The SMILES string of the molecule is CCn1cc(S(=O)(=O)N2CC3CN(S(=O)(=O)c4cccc(C)c4)CC(C2)O3)cn1. The van der Waals surface area contributed by atoms with E-state index in [1.54, 1.807) is 22.9 Å². The number of hydrogen-bond donors (Lipinski definition) is 0. The lowest BCUT2D eigenvalue weighted by Crippen LogP contribution is -2.61. The normalized spacial score (nSPS) is 23.9. The van der Waals surface area contributed by atoms with Crippen LogP contribution in [-0.2, 0) is 31.3 Å². The van der Waals surface area contributed by atoms with Gasteiger partial charge in [-0.1, -0.05) is 12.1 Å². The number of aromatic nitrogens is 2. The van der Waals surface area contributed by atoms with Gasteiger partial charge in [-0.05, 0) is 31.5 Å². The summed E-state index contributed by atoms with van der Waals surface area (Å²) >= 11 is 0. The number of aryl methyl sites for hydroxylation is 2. The third-order valence-electron chi connectivity index (χ3n) is 5.21. The average molecular weight is 441 g/mol. The minimum atomic E-state index is -3.70. The Kier molecular flexibility index (Phi) is 5.28. The molecule has 0 saturated carbocycles. The van der Waals surface area contributed by atoms with Crippen LogP contribution in [0.4, 0.5) is 0 Å². The Morgan fingerprint density at radius 3 is 2.10 bits per heavy atom. The lowest BCUT2D eigenvalue weighted by Gasteiger charge is -2.44. The van der Waals surface area contributed by atoms with Gasteiger partial charge in [0.25, 0.3) is 0 Å². The smallest absolute Gasteiger partial charge is 0.246 e. The second-order valence-corrected chi connectivity index (χ2v) is 11.2. The van der Waals surface area contributed by atoms with Crippen LogP contribution < -0.4 is 0 Å². The highest BCUT2D eigenvalue weighted by Crippen LogP contribution is 2.28. The van der Waals surface area contributed by atoms with E-state index in [1.165, 1.54) is 21.0 Å². The predicted octanol–water partition coefficient (Wildman–Crippen LogP) is 0.674. The van der Waals surface area contributed by atoms with Gasteiger partial charge in [0, 0.05) is 38.9 Å². The first-order valence-electron chi connectivity index (χ1n) is 9.45. The fraction of sp³-hybridized carbons (Fsp3) is 0.500. The summed E-state index contributed by atoms with van der Waals surface area (Å²) in [4.78, 5) is 0.387. The molecule has 2 fully saturated rings. The Morgan fingerprint density at radius 1 is 1.00 bits per heavy atom. The number of benzene rings is 1. The van der Waals surface area contributed by atoms with Crippen molar-refractivity contribution in [1.29, 1.82) is 0 Å².